The molecule has 0 radical (unpaired) electrons. The minimum atomic E-state index is -4.52. The number of hydrogen-bond acceptors (Lipinski definition) is 2. The lowest BCUT2D eigenvalue weighted by molar-refractivity contribution is -0.209. The van der Waals surface area contributed by atoms with Crippen molar-refractivity contribution in [3.8, 4) is 0 Å². The molecule has 0 aromatic heterocycles. The number of halogens is 3. The van der Waals surface area contributed by atoms with Crippen LogP contribution in [0.3, 0.4) is 0 Å². The largest absolute Gasteiger partial charge is 0.415 e. The summed E-state index contributed by atoms with van der Waals surface area (Å²) in [7, 11) is 0. The molecule has 0 heterocycles. The average Bonchev–Trinajstić information content (AvgIpc) is 1.99. The Balaban J connectivity index is 4.29. The van der Waals surface area contributed by atoms with E-state index in [0.717, 1.165) is 0 Å². The summed E-state index contributed by atoms with van der Waals surface area (Å²) >= 11 is 0. The molecule has 5 heteroatoms. The molecule has 0 fully saturated rings. The summed E-state index contributed by atoms with van der Waals surface area (Å²) in [6.07, 6.45) is -6.77. The molecule has 0 aliphatic rings. The Kier molecular flexibility index (Phi) is 5.59. The van der Waals surface area contributed by atoms with E-state index in [4.69, 9.17) is 5.11 Å². The topological polar surface area (TPSA) is 23.5 Å². The predicted molar refractivity (Wildman–Crippen MR) is 53.6 cm³/mol. The van der Waals surface area contributed by atoms with Crippen LogP contribution in [0.4, 0.5) is 13.2 Å². The van der Waals surface area contributed by atoms with E-state index in [-0.39, 0.29) is 18.5 Å². The van der Waals surface area contributed by atoms with Gasteiger partial charge in [-0.15, -0.1) is 0 Å². The fourth-order valence-electron chi connectivity index (χ4n) is 1.29. The van der Waals surface area contributed by atoms with Gasteiger partial charge in [0.25, 0.3) is 0 Å². The zero-order valence-corrected chi connectivity index (χ0v) is 9.67. The first kappa shape index (κ1) is 14.7. The summed E-state index contributed by atoms with van der Waals surface area (Å²) in [6.45, 7) is 7.74. The van der Waals surface area contributed by atoms with Gasteiger partial charge in [0.15, 0.2) is 6.10 Å². The van der Waals surface area contributed by atoms with Crippen LogP contribution in [-0.2, 0) is 0 Å². The summed E-state index contributed by atoms with van der Waals surface area (Å²) in [5.41, 5.74) is 0. The molecule has 0 aliphatic carbocycles. The van der Waals surface area contributed by atoms with E-state index >= 15 is 0 Å². The molecule has 0 saturated heterocycles. The Morgan fingerprint density at radius 3 is 1.80 bits per heavy atom. The molecule has 2 nitrogen and oxygen atoms in total. The first-order valence-corrected chi connectivity index (χ1v) is 5.13. The third kappa shape index (κ3) is 5.99. The first-order chi connectivity index (χ1) is 6.64. The number of nitrogens with zero attached hydrogens (tertiary/aromatic N) is 1. The fraction of sp³-hybridized carbons (Fsp3) is 1.00. The van der Waals surface area contributed by atoms with Gasteiger partial charge in [-0.05, 0) is 19.8 Å². The van der Waals surface area contributed by atoms with Gasteiger partial charge in [0.05, 0.1) is 0 Å². The van der Waals surface area contributed by atoms with Crippen LogP contribution >= 0.6 is 0 Å². The normalized spacial score (nSPS) is 15.4. The highest BCUT2D eigenvalue weighted by Crippen LogP contribution is 2.21. The second-order valence-electron chi connectivity index (χ2n) is 4.50. The number of aliphatic hydroxyl groups is 1. The van der Waals surface area contributed by atoms with Crippen molar-refractivity contribution in [2.24, 2.45) is 5.92 Å². The van der Waals surface area contributed by atoms with Gasteiger partial charge in [-0.2, -0.15) is 13.2 Å². The molecule has 0 amide bonds. The molecular weight excluding hydrogens is 207 g/mol. The van der Waals surface area contributed by atoms with E-state index in [1.54, 1.807) is 4.90 Å². The average molecular weight is 227 g/mol. The van der Waals surface area contributed by atoms with Crippen molar-refractivity contribution < 1.29 is 18.3 Å². The van der Waals surface area contributed by atoms with Crippen molar-refractivity contribution in [1.29, 1.82) is 0 Å². The van der Waals surface area contributed by atoms with Gasteiger partial charge in [-0.25, -0.2) is 0 Å². The minimum Gasteiger partial charge on any atom is -0.382 e. The first-order valence-electron chi connectivity index (χ1n) is 5.13. The molecule has 0 aliphatic heterocycles. The summed E-state index contributed by atoms with van der Waals surface area (Å²) in [5, 5.41) is 8.95. The van der Waals surface area contributed by atoms with Gasteiger partial charge in [0.2, 0.25) is 0 Å². The van der Waals surface area contributed by atoms with Crippen LogP contribution in [0.25, 0.3) is 0 Å². The van der Waals surface area contributed by atoms with Crippen molar-refractivity contribution in [3.63, 3.8) is 0 Å². The quantitative estimate of drug-likeness (QED) is 0.779. The molecular formula is C10H20F3NO. The lowest BCUT2D eigenvalue weighted by Gasteiger charge is -2.30. The van der Waals surface area contributed by atoms with Gasteiger partial charge in [0, 0.05) is 19.1 Å². The molecule has 1 unspecified atom stereocenters. The lowest BCUT2D eigenvalue weighted by atomic mass is 10.1. The predicted octanol–water partition coefficient (Wildman–Crippen LogP) is 2.28. The Labute approximate surface area is 89.1 Å². The van der Waals surface area contributed by atoms with E-state index in [0.29, 0.717) is 6.54 Å². The molecule has 0 aromatic rings. The molecule has 0 spiro atoms. The summed E-state index contributed by atoms with van der Waals surface area (Å²) < 4.78 is 36.4. The summed E-state index contributed by atoms with van der Waals surface area (Å²) in [5.74, 6) is 0.285. The maximum absolute atomic E-state index is 12.1. The molecule has 1 N–H and O–H groups in total. The monoisotopic (exact) mass is 227 g/mol. The number of rotatable bonds is 5. The van der Waals surface area contributed by atoms with E-state index in [1.807, 2.05) is 27.7 Å². The highest BCUT2D eigenvalue weighted by atomic mass is 19.4. The SMILES string of the molecule is CC(C)CN(CC(O)C(F)(F)F)C(C)C. The van der Waals surface area contributed by atoms with Gasteiger partial charge in [0.1, 0.15) is 0 Å². The fourth-order valence-corrected chi connectivity index (χ4v) is 1.29. The Hall–Kier alpha value is -0.290. The number of alkyl halides is 3. The Bertz CT molecular complexity index is 180. The van der Waals surface area contributed by atoms with Gasteiger partial charge in [-0.1, -0.05) is 13.8 Å². The van der Waals surface area contributed by atoms with Crippen LogP contribution in [-0.4, -0.2) is 41.4 Å². The molecule has 92 valence electrons. The second-order valence-corrected chi connectivity index (χ2v) is 4.50. The number of aliphatic hydroxyl groups excluding tert-OH is 1. The Morgan fingerprint density at radius 2 is 1.53 bits per heavy atom. The standard InChI is InChI=1S/C10H20F3NO/c1-7(2)5-14(8(3)4)6-9(15)10(11,12)13/h7-9,15H,5-6H2,1-4H3. The van der Waals surface area contributed by atoms with E-state index in [9.17, 15) is 13.2 Å². The van der Waals surface area contributed by atoms with Crippen LogP contribution in [0.2, 0.25) is 0 Å². The van der Waals surface area contributed by atoms with E-state index in [1.165, 1.54) is 0 Å². The van der Waals surface area contributed by atoms with Gasteiger partial charge in [-0.3, -0.25) is 4.90 Å². The van der Waals surface area contributed by atoms with Crippen molar-refractivity contribution >= 4 is 0 Å². The van der Waals surface area contributed by atoms with Crippen molar-refractivity contribution in [3.05, 3.63) is 0 Å². The zero-order valence-electron chi connectivity index (χ0n) is 9.67. The van der Waals surface area contributed by atoms with Crippen LogP contribution < -0.4 is 0 Å². The molecule has 15 heavy (non-hydrogen) atoms. The van der Waals surface area contributed by atoms with Crippen LogP contribution in [0, 0.1) is 5.92 Å². The third-order valence-corrected chi connectivity index (χ3v) is 2.12. The maximum atomic E-state index is 12.1. The molecule has 0 saturated carbocycles. The van der Waals surface area contributed by atoms with Crippen LogP contribution in [0.5, 0.6) is 0 Å². The highest BCUT2D eigenvalue weighted by Gasteiger charge is 2.39. The Morgan fingerprint density at radius 1 is 1.07 bits per heavy atom. The van der Waals surface area contributed by atoms with Gasteiger partial charge < -0.3 is 5.11 Å². The van der Waals surface area contributed by atoms with Crippen molar-refractivity contribution in [1.82, 2.24) is 4.90 Å². The zero-order chi connectivity index (χ0) is 12.2. The van der Waals surface area contributed by atoms with E-state index < -0.39 is 12.3 Å². The molecule has 0 bridgehead atoms. The number of hydrogen-bond donors (Lipinski definition) is 1. The minimum absolute atomic E-state index is 0.00407. The van der Waals surface area contributed by atoms with Crippen LogP contribution in [0.15, 0.2) is 0 Å². The molecule has 0 aromatic carbocycles. The summed E-state index contributed by atoms with van der Waals surface area (Å²) in [4.78, 5) is 1.64. The maximum Gasteiger partial charge on any atom is 0.415 e. The molecule has 1 atom stereocenters. The van der Waals surface area contributed by atoms with Crippen molar-refractivity contribution in [2.45, 2.75) is 46.0 Å². The second kappa shape index (κ2) is 5.70. The summed E-state index contributed by atoms with van der Waals surface area (Å²) in [6, 6.07) is 0.00407. The van der Waals surface area contributed by atoms with Gasteiger partial charge >= 0.3 is 6.18 Å². The van der Waals surface area contributed by atoms with Crippen molar-refractivity contribution in [2.75, 3.05) is 13.1 Å². The highest BCUT2D eigenvalue weighted by molar-refractivity contribution is 4.74. The third-order valence-electron chi connectivity index (χ3n) is 2.12. The lowest BCUT2D eigenvalue weighted by Crippen LogP contribution is -2.45. The van der Waals surface area contributed by atoms with Crippen LogP contribution in [0.1, 0.15) is 27.7 Å². The molecule has 0 rings (SSSR count). The smallest absolute Gasteiger partial charge is 0.382 e. The van der Waals surface area contributed by atoms with E-state index in [2.05, 4.69) is 0 Å².